The SMILES string of the molecule is CC(C)(C)OC(=O)N[C@H]1CCCCC/C=C\[C@@H]2C[C@@]2(C(=O)O)NC(=O)C2C[C@@H](OC(=O)N3Cc4ccc5c(c4C3)OCCO5)CN2C1=O. The van der Waals surface area contributed by atoms with Crippen molar-refractivity contribution in [1.29, 1.82) is 0 Å². The highest BCUT2D eigenvalue weighted by Crippen LogP contribution is 2.45. The fourth-order valence-electron chi connectivity index (χ4n) is 6.93. The second-order valence-corrected chi connectivity index (χ2v) is 14.2. The van der Waals surface area contributed by atoms with Gasteiger partial charge in [0.1, 0.15) is 42.5 Å². The molecule has 260 valence electrons. The van der Waals surface area contributed by atoms with Gasteiger partial charge in [-0.1, -0.05) is 31.1 Å². The normalized spacial score (nSPS) is 29.2. The van der Waals surface area contributed by atoms with Gasteiger partial charge in [-0.05, 0) is 58.1 Å². The molecule has 0 aromatic heterocycles. The quantitative estimate of drug-likeness (QED) is 0.406. The first kappa shape index (κ1) is 33.4. The summed E-state index contributed by atoms with van der Waals surface area (Å²) in [5.41, 5.74) is -0.514. The van der Waals surface area contributed by atoms with Crippen molar-refractivity contribution in [1.82, 2.24) is 20.4 Å². The van der Waals surface area contributed by atoms with Crippen LogP contribution in [0, 0.1) is 5.92 Å². The van der Waals surface area contributed by atoms with E-state index in [4.69, 9.17) is 18.9 Å². The van der Waals surface area contributed by atoms with Crippen LogP contribution in [0.1, 0.15) is 76.8 Å². The Bertz CT molecular complexity index is 1500. The fraction of sp³-hybridized carbons (Fsp3) is 0.618. The molecule has 5 aliphatic rings. The number of aliphatic carboxylic acids is 1. The number of alkyl carbamates (subject to hydrolysis) is 1. The number of carbonyl (C=O) groups excluding carboxylic acids is 4. The smallest absolute Gasteiger partial charge is 0.410 e. The summed E-state index contributed by atoms with van der Waals surface area (Å²) in [6, 6.07) is 1.58. The number of nitrogens with zero attached hydrogens (tertiary/aromatic N) is 2. The zero-order valence-corrected chi connectivity index (χ0v) is 27.6. The van der Waals surface area contributed by atoms with Gasteiger partial charge >= 0.3 is 18.2 Å². The van der Waals surface area contributed by atoms with E-state index in [1.165, 1.54) is 9.80 Å². The van der Waals surface area contributed by atoms with Crippen molar-refractivity contribution in [3.05, 3.63) is 35.4 Å². The first-order chi connectivity index (χ1) is 22.8. The summed E-state index contributed by atoms with van der Waals surface area (Å²) in [5, 5.41) is 15.5. The number of carboxylic acids is 1. The van der Waals surface area contributed by atoms with Gasteiger partial charge in [0.2, 0.25) is 11.8 Å². The third-order valence-electron chi connectivity index (χ3n) is 9.46. The summed E-state index contributed by atoms with van der Waals surface area (Å²) in [6.07, 6.45) is 4.99. The van der Waals surface area contributed by atoms with Crippen LogP contribution in [-0.4, -0.2) is 94.0 Å². The Morgan fingerprint density at radius 1 is 1.08 bits per heavy atom. The van der Waals surface area contributed by atoms with Crippen LogP contribution in [0.2, 0.25) is 0 Å². The van der Waals surface area contributed by atoms with E-state index in [0.29, 0.717) is 44.1 Å². The molecule has 14 nitrogen and oxygen atoms in total. The Hall–Kier alpha value is -4.49. The van der Waals surface area contributed by atoms with Crippen molar-refractivity contribution in [2.75, 3.05) is 19.8 Å². The highest BCUT2D eigenvalue weighted by Gasteiger charge is 2.61. The standard InChI is InChI=1S/C34H44N4O10/c1-33(2,3)48-31(43)35-24-10-8-6-4-5-7-9-21-16-34(21,30(41)42)36-28(39)25-15-22(18-38(25)29(24)40)47-32(44)37-17-20-11-12-26-27(23(20)19-37)46-14-13-45-26/h7,9,11-12,21-22,24-25H,4-6,8,10,13-19H2,1-3H3,(H,35,43)(H,36,39)(H,41,42)/b9-7-/t21-,22-,24+,25?,34-/m1/s1. The zero-order valence-electron chi connectivity index (χ0n) is 27.6. The van der Waals surface area contributed by atoms with Crippen molar-refractivity contribution in [3.63, 3.8) is 0 Å². The molecule has 6 rings (SSSR count). The number of hydrogen-bond donors (Lipinski definition) is 3. The summed E-state index contributed by atoms with van der Waals surface area (Å²) in [5.74, 6) is -1.45. The Balaban J connectivity index is 1.21. The number of allylic oxidation sites excluding steroid dienone is 1. The predicted molar refractivity (Wildman–Crippen MR) is 169 cm³/mol. The van der Waals surface area contributed by atoms with Gasteiger partial charge in [0.15, 0.2) is 11.5 Å². The van der Waals surface area contributed by atoms with E-state index in [1.54, 1.807) is 20.8 Å². The van der Waals surface area contributed by atoms with Gasteiger partial charge in [-0.25, -0.2) is 14.4 Å². The minimum Gasteiger partial charge on any atom is -0.486 e. The number of nitrogens with one attached hydrogen (secondary N) is 2. The van der Waals surface area contributed by atoms with E-state index in [2.05, 4.69) is 10.6 Å². The third kappa shape index (κ3) is 7.02. The van der Waals surface area contributed by atoms with Crippen LogP contribution >= 0.6 is 0 Å². The van der Waals surface area contributed by atoms with Gasteiger partial charge in [0.05, 0.1) is 13.1 Å². The van der Waals surface area contributed by atoms with Crippen LogP contribution in [-0.2, 0) is 36.9 Å². The molecule has 4 heterocycles. The van der Waals surface area contributed by atoms with Crippen LogP contribution < -0.4 is 20.1 Å². The number of hydrogen-bond acceptors (Lipinski definition) is 9. The van der Waals surface area contributed by atoms with E-state index in [9.17, 15) is 29.1 Å². The first-order valence-electron chi connectivity index (χ1n) is 16.7. The fourth-order valence-corrected chi connectivity index (χ4v) is 6.93. The van der Waals surface area contributed by atoms with Crippen molar-refractivity contribution in [3.8, 4) is 11.5 Å². The molecule has 4 amide bonds. The lowest BCUT2D eigenvalue weighted by Gasteiger charge is -2.30. The van der Waals surface area contributed by atoms with Gasteiger partial charge in [-0.3, -0.25) is 14.5 Å². The maximum Gasteiger partial charge on any atom is 0.410 e. The Labute approximate surface area is 279 Å². The molecule has 1 unspecified atom stereocenters. The number of amides is 4. The van der Waals surface area contributed by atoms with E-state index in [-0.39, 0.29) is 31.8 Å². The lowest BCUT2D eigenvalue weighted by Crippen LogP contribution is -2.56. The highest BCUT2D eigenvalue weighted by atomic mass is 16.6. The van der Waals surface area contributed by atoms with E-state index >= 15 is 0 Å². The highest BCUT2D eigenvalue weighted by molar-refractivity contribution is 5.96. The largest absolute Gasteiger partial charge is 0.486 e. The number of fused-ring (bicyclic) bond motifs is 5. The summed E-state index contributed by atoms with van der Waals surface area (Å²) in [6.45, 7) is 6.45. The molecule has 0 spiro atoms. The van der Waals surface area contributed by atoms with Gasteiger partial charge in [0, 0.05) is 24.4 Å². The Morgan fingerprint density at radius 3 is 2.65 bits per heavy atom. The van der Waals surface area contributed by atoms with E-state index < -0.39 is 59.3 Å². The van der Waals surface area contributed by atoms with Crippen molar-refractivity contribution >= 4 is 30.0 Å². The zero-order chi connectivity index (χ0) is 34.2. The number of carbonyl (C=O) groups is 5. The maximum absolute atomic E-state index is 14.2. The summed E-state index contributed by atoms with van der Waals surface area (Å²) >= 11 is 0. The second kappa shape index (κ2) is 13.2. The molecule has 3 N–H and O–H groups in total. The predicted octanol–water partition coefficient (Wildman–Crippen LogP) is 3.25. The molecule has 5 atom stereocenters. The minimum atomic E-state index is -1.47. The van der Waals surface area contributed by atoms with Crippen LogP contribution in [0.15, 0.2) is 24.3 Å². The topological polar surface area (TPSA) is 173 Å². The van der Waals surface area contributed by atoms with Crippen LogP contribution in [0.4, 0.5) is 9.59 Å². The molecule has 48 heavy (non-hydrogen) atoms. The van der Waals surface area contributed by atoms with Crippen LogP contribution in [0.25, 0.3) is 0 Å². The molecular weight excluding hydrogens is 624 g/mol. The summed E-state index contributed by atoms with van der Waals surface area (Å²) in [7, 11) is 0. The molecule has 14 heteroatoms. The van der Waals surface area contributed by atoms with Gasteiger partial charge in [-0.15, -0.1) is 0 Å². The average molecular weight is 669 g/mol. The molecule has 0 radical (unpaired) electrons. The average Bonchev–Trinajstić information content (AvgIpc) is 3.33. The van der Waals surface area contributed by atoms with E-state index in [0.717, 1.165) is 30.4 Å². The maximum atomic E-state index is 14.2. The molecule has 1 saturated carbocycles. The van der Waals surface area contributed by atoms with Gasteiger partial charge in [0.25, 0.3) is 0 Å². The minimum absolute atomic E-state index is 0.0359. The van der Waals surface area contributed by atoms with Crippen LogP contribution in [0.5, 0.6) is 11.5 Å². The van der Waals surface area contributed by atoms with Crippen molar-refractivity contribution < 1.29 is 48.0 Å². The number of ether oxygens (including phenoxy) is 4. The molecular formula is C34H44N4O10. The molecule has 1 aromatic carbocycles. The van der Waals surface area contributed by atoms with Gasteiger partial charge in [-0.2, -0.15) is 0 Å². The second-order valence-electron chi connectivity index (χ2n) is 14.2. The molecule has 4 aliphatic heterocycles. The monoisotopic (exact) mass is 668 g/mol. The molecule has 2 fully saturated rings. The lowest BCUT2D eigenvalue weighted by molar-refractivity contribution is -0.145. The van der Waals surface area contributed by atoms with Crippen LogP contribution in [0.3, 0.4) is 0 Å². The van der Waals surface area contributed by atoms with Crippen molar-refractivity contribution in [2.24, 2.45) is 5.92 Å². The first-order valence-corrected chi connectivity index (χ1v) is 16.7. The lowest BCUT2D eigenvalue weighted by atomic mass is 10.0. The number of rotatable bonds is 3. The number of carboxylic acid groups (broad SMARTS) is 1. The molecule has 1 saturated heterocycles. The number of benzene rings is 1. The molecule has 1 aliphatic carbocycles. The molecule has 0 bridgehead atoms. The Morgan fingerprint density at radius 2 is 1.88 bits per heavy atom. The van der Waals surface area contributed by atoms with Crippen molar-refractivity contribution in [2.45, 2.75) is 108 Å². The molecule has 1 aromatic rings. The third-order valence-corrected chi connectivity index (χ3v) is 9.46. The van der Waals surface area contributed by atoms with Gasteiger partial charge < -0.3 is 39.6 Å². The summed E-state index contributed by atoms with van der Waals surface area (Å²) < 4.78 is 22.8. The van der Waals surface area contributed by atoms with E-state index in [1.807, 2.05) is 24.3 Å². The Kier molecular flexibility index (Phi) is 9.18. The summed E-state index contributed by atoms with van der Waals surface area (Å²) in [4.78, 5) is 69.4.